The Bertz CT molecular complexity index is 266. The van der Waals surface area contributed by atoms with Crippen LogP contribution in [0.25, 0.3) is 0 Å². The van der Waals surface area contributed by atoms with Crippen molar-refractivity contribution in [2.45, 2.75) is 25.8 Å². The predicted octanol–water partition coefficient (Wildman–Crippen LogP) is 0.636. The van der Waals surface area contributed by atoms with E-state index in [0.717, 1.165) is 25.9 Å². The number of piperazine rings is 1. The summed E-state index contributed by atoms with van der Waals surface area (Å²) in [5, 5.41) is 11.7. The van der Waals surface area contributed by atoms with Crippen LogP contribution in [-0.2, 0) is 0 Å². The van der Waals surface area contributed by atoms with Crippen molar-refractivity contribution in [2.75, 3.05) is 33.2 Å². The molecule has 0 radical (unpaired) electrons. The van der Waals surface area contributed by atoms with Crippen molar-refractivity contribution < 1.29 is 4.79 Å². The quantitative estimate of drug-likeness (QED) is 0.765. The number of nitrogens with zero attached hydrogens (tertiary/aromatic N) is 3. The molecule has 1 aliphatic rings. The summed E-state index contributed by atoms with van der Waals surface area (Å²) in [6.07, 6.45) is 1.93. The van der Waals surface area contributed by atoms with Crippen molar-refractivity contribution in [3.05, 3.63) is 0 Å². The maximum Gasteiger partial charge on any atom is 0.317 e. The second-order valence-electron chi connectivity index (χ2n) is 4.01. The van der Waals surface area contributed by atoms with Gasteiger partial charge in [-0.1, -0.05) is 13.3 Å². The average Bonchev–Trinajstić information content (AvgIpc) is 2.35. The Morgan fingerprint density at radius 2 is 2.06 bits per heavy atom. The summed E-state index contributed by atoms with van der Waals surface area (Å²) in [5.41, 5.74) is 0. The fourth-order valence-electron chi connectivity index (χ4n) is 2.00. The Morgan fingerprint density at radius 1 is 1.44 bits per heavy atom. The van der Waals surface area contributed by atoms with Gasteiger partial charge in [0.25, 0.3) is 0 Å². The first-order chi connectivity index (χ1) is 7.72. The lowest BCUT2D eigenvalue weighted by molar-refractivity contribution is 0.122. The van der Waals surface area contributed by atoms with Gasteiger partial charge < -0.3 is 10.2 Å². The van der Waals surface area contributed by atoms with Crippen LogP contribution in [0.3, 0.4) is 0 Å². The molecular formula is C11H20N4O. The maximum atomic E-state index is 11.4. The van der Waals surface area contributed by atoms with E-state index in [4.69, 9.17) is 5.26 Å². The van der Waals surface area contributed by atoms with E-state index in [2.05, 4.69) is 23.2 Å². The molecule has 1 heterocycles. The maximum absolute atomic E-state index is 11.4. The van der Waals surface area contributed by atoms with E-state index in [1.54, 1.807) is 11.9 Å². The molecule has 90 valence electrons. The number of carbonyl (C=O) groups excluding carboxylic acids is 1. The minimum atomic E-state index is -0.0244. The summed E-state index contributed by atoms with van der Waals surface area (Å²) >= 11 is 0. The molecule has 5 heteroatoms. The van der Waals surface area contributed by atoms with Crippen LogP contribution in [0.1, 0.15) is 19.8 Å². The molecule has 0 spiro atoms. The van der Waals surface area contributed by atoms with Crippen LogP contribution < -0.4 is 5.32 Å². The largest absolute Gasteiger partial charge is 0.341 e. The molecule has 5 nitrogen and oxygen atoms in total. The molecule has 0 aromatic heterocycles. The van der Waals surface area contributed by atoms with Gasteiger partial charge in [0.1, 0.15) is 0 Å². The first-order valence-corrected chi connectivity index (χ1v) is 5.83. The van der Waals surface area contributed by atoms with Gasteiger partial charge in [-0.05, 0) is 6.42 Å². The van der Waals surface area contributed by atoms with Crippen LogP contribution in [0, 0.1) is 11.3 Å². The lowest BCUT2D eigenvalue weighted by Crippen LogP contribution is -2.53. The summed E-state index contributed by atoms with van der Waals surface area (Å²) in [4.78, 5) is 15.3. The zero-order valence-electron chi connectivity index (χ0n) is 10.1. The third-order valence-corrected chi connectivity index (χ3v) is 2.97. The third kappa shape index (κ3) is 3.11. The molecular weight excluding hydrogens is 204 g/mol. The van der Waals surface area contributed by atoms with Crippen LogP contribution in [0.4, 0.5) is 4.79 Å². The van der Waals surface area contributed by atoms with Crippen molar-refractivity contribution in [3.8, 4) is 6.07 Å². The lowest BCUT2D eigenvalue weighted by Gasteiger charge is -2.36. The standard InChI is InChI=1S/C11H20N4O/c1-3-4-10(9-12)14-5-7-15(8-6-14)11(16)13-2/h10H,3-8H2,1-2H3,(H,13,16). The Morgan fingerprint density at radius 3 is 2.50 bits per heavy atom. The van der Waals surface area contributed by atoms with Gasteiger partial charge in [0.15, 0.2) is 0 Å². The average molecular weight is 224 g/mol. The molecule has 1 atom stereocenters. The molecule has 0 saturated carbocycles. The first kappa shape index (κ1) is 12.8. The summed E-state index contributed by atoms with van der Waals surface area (Å²) in [7, 11) is 1.64. The van der Waals surface area contributed by atoms with E-state index in [-0.39, 0.29) is 12.1 Å². The number of carbonyl (C=O) groups is 1. The van der Waals surface area contributed by atoms with Gasteiger partial charge in [-0.2, -0.15) is 5.26 Å². The van der Waals surface area contributed by atoms with Crippen molar-refractivity contribution in [3.63, 3.8) is 0 Å². The summed E-state index contributed by atoms with van der Waals surface area (Å²) in [5.74, 6) is 0. The Balaban J connectivity index is 2.42. The van der Waals surface area contributed by atoms with E-state index in [1.165, 1.54) is 0 Å². The number of hydrogen-bond acceptors (Lipinski definition) is 3. The van der Waals surface area contributed by atoms with Crippen molar-refractivity contribution in [2.24, 2.45) is 0 Å². The molecule has 1 rings (SSSR count). The number of hydrogen-bond donors (Lipinski definition) is 1. The number of nitriles is 1. The highest BCUT2D eigenvalue weighted by atomic mass is 16.2. The molecule has 2 amide bonds. The number of urea groups is 1. The number of amides is 2. The first-order valence-electron chi connectivity index (χ1n) is 5.83. The Kier molecular flexibility index (Phi) is 5.06. The van der Waals surface area contributed by atoms with Crippen LogP contribution in [0.15, 0.2) is 0 Å². The van der Waals surface area contributed by atoms with Gasteiger partial charge in [0.05, 0.1) is 12.1 Å². The zero-order valence-corrected chi connectivity index (χ0v) is 10.1. The van der Waals surface area contributed by atoms with Gasteiger partial charge >= 0.3 is 6.03 Å². The molecule has 1 unspecified atom stereocenters. The second kappa shape index (κ2) is 6.33. The third-order valence-electron chi connectivity index (χ3n) is 2.97. The Hall–Kier alpha value is -1.28. The van der Waals surface area contributed by atoms with Crippen molar-refractivity contribution in [1.29, 1.82) is 5.26 Å². The van der Waals surface area contributed by atoms with E-state index >= 15 is 0 Å². The van der Waals surface area contributed by atoms with Gasteiger partial charge in [-0.25, -0.2) is 4.79 Å². The van der Waals surface area contributed by atoms with Crippen LogP contribution in [-0.4, -0.2) is 55.1 Å². The molecule has 0 aromatic rings. The monoisotopic (exact) mass is 224 g/mol. The SMILES string of the molecule is CCCC(C#N)N1CCN(C(=O)NC)CC1. The summed E-state index contributed by atoms with van der Waals surface area (Å²) in [6.45, 7) is 5.10. The van der Waals surface area contributed by atoms with Gasteiger partial charge in [0, 0.05) is 33.2 Å². The van der Waals surface area contributed by atoms with Crippen molar-refractivity contribution in [1.82, 2.24) is 15.1 Å². The molecule has 0 aromatic carbocycles. The highest BCUT2D eigenvalue weighted by Gasteiger charge is 2.24. The van der Waals surface area contributed by atoms with E-state index in [0.29, 0.717) is 13.1 Å². The minimum Gasteiger partial charge on any atom is -0.341 e. The van der Waals surface area contributed by atoms with Crippen LogP contribution in [0.2, 0.25) is 0 Å². The smallest absolute Gasteiger partial charge is 0.317 e. The topological polar surface area (TPSA) is 59.4 Å². The summed E-state index contributed by atoms with van der Waals surface area (Å²) < 4.78 is 0. The normalized spacial score (nSPS) is 18.9. The molecule has 1 fully saturated rings. The zero-order chi connectivity index (χ0) is 12.0. The second-order valence-corrected chi connectivity index (χ2v) is 4.01. The van der Waals surface area contributed by atoms with Crippen LogP contribution in [0.5, 0.6) is 0 Å². The molecule has 16 heavy (non-hydrogen) atoms. The van der Waals surface area contributed by atoms with Gasteiger partial charge in [0.2, 0.25) is 0 Å². The highest BCUT2D eigenvalue weighted by molar-refractivity contribution is 5.73. The molecule has 0 aliphatic carbocycles. The molecule has 1 saturated heterocycles. The highest BCUT2D eigenvalue weighted by Crippen LogP contribution is 2.10. The molecule has 1 N–H and O–H groups in total. The fourth-order valence-corrected chi connectivity index (χ4v) is 2.00. The van der Waals surface area contributed by atoms with E-state index < -0.39 is 0 Å². The van der Waals surface area contributed by atoms with Gasteiger partial charge in [-0.15, -0.1) is 0 Å². The minimum absolute atomic E-state index is 0.0110. The fraction of sp³-hybridized carbons (Fsp3) is 0.818. The number of nitrogens with one attached hydrogen (secondary N) is 1. The van der Waals surface area contributed by atoms with Crippen molar-refractivity contribution >= 4 is 6.03 Å². The van der Waals surface area contributed by atoms with Gasteiger partial charge in [-0.3, -0.25) is 4.90 Å². The predicted molar refractivity (Wildman–Crippen MR) is 61.9 cm³/mol. The Labute approximate surface area is 97.0 Å². The van der Waals surface area contributed by atoms with E-state index in [1.807, 2.05) is 0 Å². The molecule has 1 aliphatic heterocycles. The summed E-state index contributed by atoms with van der Waals surface area (Å²) in [6, 6.07) is 2.32. The van der Waals surface area contributed by atoms with Crippen LogP contribution >= 0.6 is 0 Å². The van der Waals surface area contributed by atoms with E-state index in [9.17, 15) is 4.79 Å². The lowest BCUT2D eigenvalue weighted by atomic mass is 10.1. The molecule has 0 bridgehead atoms. The number of rotatable bonds is 3.